The van der Waals surface area contributed by atoms with E-state index in [2.05, 4.69) is 11.9 Å². The summed E-state index contributed by atoms with van der Waals surface area (Å²) in [5.74, 6) is -0.445. The Morgan fingerprint density at radius 2 is 2.50 bits per heavy atom. The lowest BCUT2D eigenvalue weighted by atomic mass is 10.4. The lowest BCUT2D eigenvalue weighted by Gasteiger charge is -2.11. The quantitative estimate of drug-likeness (QED) is 0.347. The Balaban J connectivity index is 3.38. The summed E-state index contributed by atoms with van der Waals surface area (Å²) in [6.45, 7) is 5.68. The van der Waals surface area contributed by atoms with Crippen LogP contribution in [0.4, 0.5) is 0 Å². The Labute approximate surface area is 72.2 Å². The molecule has 1 unspecified atom stereocenters. The molecule has 4 heteroatoms. The van der Waals surface area contributed by atoms with Crippen molar-refractivity contribution in [1.29, 1.82) is 0 Å². The van der Waals surface area contributed by atoms with Crippen LogP contribution in [0.15, 0.2) is 12.7 Å². The van der Waals surface area contributed by atoms with Crippen molar-refractivity contribution in [3.05, 3.63) is 12.7 Å². The summed E-state index contributed by atoms with van der Waals surface area (Å²) in [5.41, 5.74) is 0. The molecule has 1 amide bonds. The van der Waals surface area contributed by atoms with Gasteiger partial charge in [0.2, 0.25) is 12.3 Å². The van der Waals surface area contributed by atoms with Gasteiger partial charge in [-0.1, -0.05) is 19.9 Å². The van der Waals surface area contributed by atoms with Crippen LogP contribution in [0.1, 0.15) is 19.8 Å². The number of ether oxygens (including phenoxy) is 1. The van der Waals surface area contributed by atoms with Crippen molar-refractivity contribution < 1.29 is 14.6 Å². The summed E-state index contributed by atoms with van der Waals surface area (Å²) in [7, 11) is 0. The molecule has 0 aromatic heterocycles. The molecule has 0 aliphatic heterocycles. The van der Waals surface area contributed by atoms with E-state index in [1.54, 1.807) is 0 Å². The van der Waals surface area contributed by atoms with Gasteiger partial charge in [0.25, 0.3) is 0 Å². The first-order valence-corrected chi connectivity index (χ1v) is 3.93. The zero-order valence-electron chi connectivity index (χ0n) is 7.25. The van der Waals surface area contributed by atoms with E-state index in [0.717, 1.165) is 18.9 Å². The van der Waals surface area contributed by atoms with E-state index in [-0.39, 0.29) is 0 Å². The molecule has 70 valence electrons. The maximum Gasteiger partial charge on any atom is 0.247 e. The minimum Gasteiger partial charge on any atom is -0.351 e. The second-order valence-corrected chi connectivity index (χ2v) is 2.29. The smallest absolute Gasteiger partial charge is 0.247 e. The average Bonchev–Trinajstić information content (AvgIpc) is 2.05. The van der Waals surface area contributed by atoms with E-state index in [4.69, 9.17) is 9.84 Å². The van der Waals surface area contributed by atoms with Gasteiger partial charge in [-0.15, -0.1) is 0 Å². The highest BCUT2D eigenvalue weighted by Crippen LogP contribution is 1.90. The van der Waals surface area contributed by atoms with E-state index >= 15 is 0 Å². The fraction of sp³-hybridized carbons (Fsp3) is 0.625. The molecule has 4 nitrogen and oxygen atoms in total. The van der Waals surface area contributed by atoms with Gasteiger partial charge in [0.15, 0.2) is 0 Å². The van der Waals surface area contributed by atoms with Crippen LogP contribution in [0.3, 0.4) is 0 Å². The predicted molar refractivity (Wildman–Crippen MR) is 45.2 cm³/mol. The molecule has 0 aromatic carbocycles. The van der Waals surface area contributed by atoms with E-state index in [1.165, 1.54) is 0 Å². The van der Waals surface area contributed by atoms with Gasteiger partial charge in [-0.2, -0.15) is 0 Å². The third-order valence-electron chi connectivity index (χ3n) is 1.22. The predicted octanol–water partition coefficient (Wildman–Crippen LogP) is 0.381. The minimum absolute atomic E-state index is 0.440. The number of amides is 1. The Morgan fingerprint density at radius 1 is 1.83 bits per heavy atom. The molecule has 0 saturated heterocycles. The zero-order chi connectivity index (χ0) is 9.40. The molecule has 0 bridgehead atoms. The molecule has 0 aromatic rings. The summed E-state index contributed by atoms with van der Waals surface area (Å²) in [4.78, 5) is 10.6. The molecule has 0 spiro atoms. The van der Waals surface area contributed by atoms with Gasteiger partial charge in [0, 0.05) is 0 Å². The molecule has 0 aliphatic rings. The summed E-state index contributed by atoms with van der Waals surface area (Å²) in [6.07, 6.45) is 1.71. The van der Waals surface area contributed by atoms with Crippen LogP contribution >= 0.6 is 0 Å². The largest absolute Gasteiger partial charge is 0.351 e. The van der Waals surface area contributed by atoms with Crippen LogP contribution in [-0.4, -0.2) is 24.0 Å². The Hall–Kier alpha value is -0.870. The third kappa shape index (κ3) is 5.88. The average molecular weight is 173 g/mol. The topological polar surface area (TPSA) is 58.6 Å². The lowest BCUT2D eigenvalue weighted by molar-refractivity contribution is -0.143. The first-order chi connectivity index (χ1) is 5.70. The Bertz CT molecular complexity index is 147. The van der Waals surface area contributed by atoms with Crippen LogP contribution in [-0.2, 0) is 9.53 Å². The monoisotopic (exact) mass is 173 g/mol. The van der Waals surface area contributed by atoms with Crippen LogP contribution < -0.4 is 5.32 Å². The SMILES string of the molecule is C=CC(=O)NC(O)OCCCC. The molecular weight excluding hydrogens is 158 g/mol. The van der Waals surface area contributed by atoms with E-state index in [9.17, 15) is 4.79 Å². The van der Waals surface area contributed by atoms with Crippen molar-refractivity contribution >= 4 is 5.91 Å². The lowest BCUT2D eigenvalue weighted by Crippen LogP contribution is -2.35. The van der Waals surface area contributed by atoms with Gasteiger partial charge in [0.05, 0.1) is 6.61 Å². The van der Waals surface area contributed by atoms with Crippen molar-refractivity contribution in [3.63, 3.8) is 0 Å². The van der Waals surface area contributed by atoms with Crippen LogP contribution in [0.2, 0.25) is 0 Å². The van der Waals surface area contributed by atoms with Crippen LogP contribution in [0, 0.1) is 0 Å². The van der Waals surface area contributed by atoms with Crippen molar-refractivity contribution in [1.82, 2.24) is 5.32 Å². The van der Waals surface area contributed by atoms with E-state index in [0.29, 0.717) is 6.61 Å². The van der Waals surface area contributed by atoms with Gasteiger partial charge >= 0.3 is 0 Å². The maximum absolute atomic E-state index is 10.6. The molecule has 0 rings (SSSR count). The van der Waals surface area contributed by atoms with Gasteiger partial charge < -0.3 is 15.2 Å². The molecule has 12 heavy (non-hydrogen) atoms. The summed E-state index contributed by atoms with van der Waals surface area (Å²) in [5, 5.41) is 11.1. The molecule has 1 atom stereocenters. The number of hydrogen-bond acceptors (Lipinski definition) is 3. The number of carbonyl (C=O) groups excluding carboxylic acids is 1. The summed E-state index contributed by atoms with van der Waals surface area (Å²) in [6, 6.07) is 0. The van der Waals surface area contributed by atoms with Crippen molar-refractivity contribution in [2.45, 2.75) is 26.2 Å². The highest BCUT2D eigenvalue weighted by Gasteiger charge is 2.04. The van der Waals surface area contributed by atoms with Gasteiger partial charge in [-0.05, 0) is 12.5 Å². The molecule has 2 N–H and O–H groups in total. The maximum atomic E-state index is 10.6. The highest BCUT2D eigenvalue weighted by molar-refractivity contribution is 5.86. The third-order valence-corrected chi connectivity index (χ3v) is 1.22. The van der Waals surface area contributed by atoms with Gasteiger partial charge in [-0.25, -0.2) is 0 Å². The van der Waals surface area contributed by atoms with Gasteiger partial charge in [-0.3, -0.25) is 4.79 Å². The Morgan fingerprint density at radius 3 is 3.00 bits per heavy atom. The number of hydrogen-bond donors (Lipinski definition) is 2. The van der Waals surface area contributed by atoms with Crippen molar-refractivity contribution in [2.75, 3.05) is 6.61 Å². The van der Waals surface area contributed by atoms with E-state index < -0.39 is 12.3 Å². The highest BCUT2D eigenvalue weighted by atomic mass is 16.6. The van der Waals surface area contributed by atoms with Crippen LogP contribution in [0.5, 0.6) is 0 Å². The zero-order valence-corrected chi connectivity index (χ0v) is 7.25. The van der Waals surface area contributed by atoms with Crippen molar-refractivity contribution in [2.24, 2.45) is 0 Å². The van der Waals surface area contributed by atoms with E-state index in [1.807, 2.05) is 6.92 Å². The molecule has 0 saturated carbocycles. The fourth-order valence-corrected chi connectivity index (χ4v) is 0.562. The molecular formula is C8H15NO3. The van der Waals surface area contributed by atoms with Crippen LogP contribution in [0.25, 0.3) is 0 Å². The molecule has 0 radical (unpaired) electrons. The number of carbonyl (C=O) groups is 1. The van der Waals surface area contributed by atoms with Gasteiger partial charge in [0.1, 0.15) is 0 Å². The standard InChI is InChI=1S/C8H15NO3/c1-3-5-6-12-8(11)9-7(10)4-2/h4,8,11H,2-3,5-6H2,1H3,(H,9,10). The Kier molecular flexibility index (Phi) is 6.32. The number of rotatable bonds is 6. The number of aliphatic hydroxyl groups excluding tert-OH is 1. The second kappa shape index (κ2) is 6.82. The minimum atomic E-state index is -1.22. The summed E-state index contributed by atoms with van der Waals surface area (Å²) >= 11 is 0. The first-order valence-electron chi connectivity index (χ1n) is 3.93. The van der Waals surface area contributed by atoms with Crippen molar-refractivity contribution in [3.8, 4) is 0 Å². The molecule has 0 fully saturated rings. The first kappa shape index (κ1) is 11.1. The number of aliphatic hydroxyl groups is 1. The normalized spacial score (nSPS) is 12.2. The number of unbranched alkanes of at least 4 members (excludes halogenated alkanes) is 1. The summed E-state index contributed by atoms with van der Waals surface area (Å²) < 4.78 is 4.83. The molecule has 0 heterocycles. The second-order valence-electron chi connectivity index (χ2n) is 2.29. The fourth-order valence-electron chi connectivity index (χ4n) is 0.562. The molecule has 0 aliphatic carbocycles. The number of nitrogens with one attached hydrogen (secondary N) is 1.